The van der Waals surface area contributed by atoms with Gasteiger partial charge in [0.2, 0.25) is 0 Å². The Kier molecular flexibility index (Phi) is 4.40. The highest BCUT2D eigenvalue weighted by Crippen LogP contribution is 2.36. The van der Waals surface area contributed by atoms with Crippen LogP contribution < -0.4 is 0 Å². The topological polar surface area (TPSA) is 25.8 Å². The maximum atomic E-state index is 4.84. The molecule has 0 fully saturated rings. The summed E-state index contributed by atoms with van der Waals surface area (Å²) in [6, 6.07) is 30.4. The summed E-state index contributed by atoms with van der Waals surface area (Å²) >= 11 is 3.74. The largest absolute Gasteiger partial charge is 0.227 e. The summed E-state index contributed by atoms with van der Waals surface area (Å²) in [6.07, 6.45) is 0. The predicted octanol–water partition coefficient (Wildman–Crippen LogP) is 6.24. The van der Waals surface area contributed by atoms with Crippen LogP contribution in [0, 0.1) is 0 Å². The van der Waals surface area contributed by atoms with Crippen molar-refractivity contribution in [3.8, 4) is 33.9 Å². The molecule has 1 heterocycles. The molecule has 4 aromatic rings. The summed E-state index contributed by atoms with van der Waals surface area (Å²) in [4.78, 5) is 9.68. The fourth-order valence-electron chi connectivity index (χ4n) is 2.74. The Bertz CT molecular complexity index is 924. The van der Waals surface area contributed by atoms with Crippen molar-refractivity contribution in [1.82, 2.24) is 9.97 Å². The van der Waals surface area contributed by atoms with Gasteiger partial charge in [-0.1, -0.05) is 91.0 Å². The average Bonchev–Trinajstić information content (AvgIpc) is 2.70. The van der Waals surface area contributed by atoms with Gasteiger partial charge < -0.3 is 0 Å². The van der Waals surface area contributed by atoms with Crippen molar-refractivity contribution in [1.29, 1.82) is 0 Å². The summed E-state index contributed by atoms with van der Waals surface area (Å²) < 4.78 is 0.907. The van der Waals surface area contributed by atoms with Crippen LogP contribution in [0.15, 0.2) is 95.5 Å². The Morgan fingerprint density at radius 2 is 0.840 bits per heavy atom. The van der Waals surface area contributed by atoms with Crippen molar-refractivity contribution in [2.24, 2.45) is 0 Å². The molecule has 0 saturated heterocycles. The van der Waals surface area contributed by atoms with Gasteiger partial charge in [0.25, 0.3) is 0 Å². The minimum absolute atomic E-state index is 0.724. The number of aromatic nitrogens is 2. The normalized spacial score (nSPS) is 10.6. The number of halogens is 1. The fourth-order valence-corrected chi connectivity index (χ4v) is 3.37. The minimum Gasteiger partial charge on any atom is -0.227 e. The second-order valence-corrected chi connectivity index (χ2v) is 6.45. The lowest BCUT2D eigenvalue weighted by Crippen LogP contribution is -1.98. The molecule has 0 amide bonds. The fraction of sp³-hybridized carbons (Fsp3) is 0. The zero-order chi connectivity index (χ0) is 17.1. The van der Waals surface area contributed by atoms with E-state index in [1.165, 1.54) is 0 Å². The lowest BCUT2D eigenvalue weighted by Gasteiger charge is -2.12. The molecule has 0 aliphatic carbocycles. The van der Waals surface area contributed by atoms with Crippen LogP contribution in [0.4, 0.5) is 0 Å². The molecule has 0 spiro atoms. The maximum absolute atomic E-state index is 4.84. The van der Waals surface area contributed by atoms with E-state index in [4.69, 9.17) is 9.97 Å². The Morgan fingerprint density at radius 3 is 1.24 bits per heavy atom. The monoisotopic (exact) mass is 386 g/mol. The average molecular weight is 387 g/mol. The molecular formula is C22H15BrN2. The van der Waals surface area contributed by atoms with E-state index in [0.29, 0.717) is 0 Å². The first-order valence-corrected chi connectivity index (χ1v) is 8.86. The lowest BCUT2D eigenvalue weighted by atomic mass is 10.1. The van der Waals surface area contributed by atoms with Gasteiger partial charge in [-0.2, -0.15) is 0 Å². The predicted molar refractivity (Wildman–Crippen MR) is 106 cm³/mol. The molecule has 25 heavy (non-hydrogen) atoms. The van der Waals surface area contributed by atoms with Crippen molar-refractivity contribution < 1.29 is 0 Å². The first-order chi connectivity index (χ1) is 12.3. The molecule has 3 aromatic carbocycles. The number of benzene rings is 3. The van der Waals surface area contributed by atoms with Crippen molar-refractivity contribution in [3.63, 3.8) is 0 Å². The molecule has 1 aromatic heterocycles. The Labute approximate surface area is 155 Å². The molecule has 0 aliphatic heterocycles. The van der Waals surface area contributed by atoms with Crippen LogP contribution in [0.25, 0.3) is 33.9 Å². The van der Waals surface area contributed by atoms with E-state index in [-0.39, 0.29) is 0 Å². The van der Waals surface area contributed by atoms with E-state index < -0.39 is 0 Å². The Morgan fingerprint density at radius 1 is 0.480 bits per heavy atom. The van der Waals surface area contributed by atoms with Crippen LogP contribution >= 0.6 is 15.9 Å². The molecule has 120 valence electrons. The van der Waals surface area contributed by atoms with Gasteiger partial charge >= 0.3 is 0 Å². The van der Waals surface area contributed by atoms with E-state index in [0.717, 1.165) is 38.4 Å². The smallest absolute Gasteiger partial charge is 0.160 e. The molecule has 4 rings (SSSR count). The summed E-state index contributed by atoms with van der Waals surface area (Å²) in [5.74, 6) is 0.724. The maximum Gasteiger partial charge on any atom is 0.160 e. The molecular weight excluding hydrogens is 372 g/mol. The van der Waals surface area contributed by atoms with Crippen LogP contribution in [0.5, 0.6) is 0 Å². The van der Waals surface area contributed by atoms with Gasteiger partial charge in [-0.3, -0.25) is 0 Å². The van der Waals surface area contributed by atoms with Gasteiger partial charge in [-0.05, 0) is 15.9 Å². The second-order valence-electron chi connectivity index (χ2n) is 5.66. The highest BCUT2D eigenvalue weighted by molar-refractivity contribution is 9.10. The van der Waals surface area contributed by atoms with Gasteiger partial charge in [0, 0.05) is 16.7 Å². The van der Waals surface area contributed by atoms with E-state index in [1.807, 2.05) is 66.7 Å². The van der Waals surface area contributed by atoms with Crippen LogP contribution in [0.3, 0.4) is 0 Å². The van der Waals surface area contributed by atoms with Gasteiger partial charge in [0.15, 0.2) is 5.82 Å². The molecule has 2 nitrogen and oxygen atoms in total. The number of hydrogen-bond donors (Lipinski definition) is 0. The van der Waals surface area contributed by atoms with Crippen LogP contribution in [0.2, 0.25) is 0 Å². The number of nitrogens with zero attached hydrogens (tertiary/aromatic N) is 2. The molecule has 0 atom stereocenters. The lowest BCUT2D eigenvalue weighted by molar-refractivity contribution is 1.17. The van der Waals surface area contributed by atoms with Gasteiger partial charge in [-0.15, -0.1) is 0 Å². The third kappa shape index (κ3) is 3.24. The standard InChI is InChI=1S/C22H15BrN2/c23-19-20(16-10-4-1-5-11-16)24-22(18-14-8-3-9-15-18)25-21(19)17-12-6-2-7-13-17/h1-15H. The SMILES string of the molecule is Brc1c(-c2ccccc2)nc(-c2ccccc2)nc1-c1ccccc1. The third-order valence-electron chi connectivity index (χ3n) is 3.98. The van der Waals surface area contributed by atoms with Crippen molar-refractivity contribution in [2.45, 2.75) is 0 Å². The van der Waals surface area contributed by atoms with E-state index in [9.17, 15) is 0 Å². The summed E-state index contributed by atoms with van der Waals surface area (Å²) in [5, 5.41) is 0. The number of rotatable bonds is 3. The van der Waals surface area contributed by atoms with Gasteiger partial charge in [0.1, 0.15) is 0 Å². The molecule has 0 radical (unpaired) electrons. The van der Waals surface area contributed by atoms with E-state index >= 15 is 0 Å². The van der Waals surface area contributed by atoms with Crippen LogP contribution in [-0.4, -0.2) is 9.97 Å². The molecule has 0 aliphatic rings. The first kappa shape index (κ1) is 15.7. The molecule has 0 bridgehead atoms. The van der Waals surface area contributed by atoms with E-state index in [1.54, 1.807) is 0 Å². The molecule has 0 saturated carbocycles. The van der Waals surface area contributed by atoms with Crippen LogP contribution in [0.1, 0.15) is 0 Å². The van der Waals surface area contributed by atoms with E-state index in [2.05, 4.69) is 40.2 Å². The van der Waals surface area contributed by atoms with Gasteiger partial charge in [-0.25, -0.2) is 9.97 Å². The van der Waals surface area contributed by atoms with Crippen molar-refractivity contribution in [3.05, 3.63) is 95.5 Å². The van der Waals surface area contributed by atoms with Crippen molar-refractivity contribution in [2.75, 3.05) is 0 Å². The second kappa shape index (κ2) is 6.99. The molecule has 3 heteroatoms. The Balaban J connectivity index is 1.98. The Hall–Kier alpha value is -2.78. The highest BCUT2D eigenvalue weighted by atomic mass is 79.9. The van der Waals surface area contributed by atoms with Crippen LogP contribution in [-0.2, 0) is 0 Å². The molecule has 0 N–H and O–H groups in total. The summed E-state index contributed by atoms with van der Waals surface area (Å²) in [6.45, 7) is 0. The quantitative estimate of drug-likeness (QED) is 0.416. The summed E-state index contributed by atoms with van der Waals surface area (Å²) in [5.41, 5.74) is 4.92. The third-order valence-corrected chi connectivity index (χ3v) is 4.73. The first-order valence-electron chi connectivity index (χ1n) is 8.07. The number of hydrogen-bond acceptors (Lipinski definition) is 2. The highest BCUT2D eigenvalue weighted by Gasteiger charge is 2.16. The molecule has 0 unspecified atom stereocenters. The van der Waals surface area contributed by atoms with Crippen molar-refractivity contribution >= 4 is 15.9 Å². The summed E-state index contributed by atoms with van der Waals surface area (Å²) in [7, 11) is 0. The zero-order valence-electron chi connectivity index (χ0n) is 13.4. The zero-order valence-corrected chi connectivity index (χ0v) is 15.0. The minimum atomic E-state index is 0.724. The van der Waals surface area contributed by atoms with Gasteiger partial charge in [0.05, 0.1) is 15.9 Å².